The Hall–Kier alpha value is -1.63. The molecule has 1 atom stereocenters. The van der Waals surface area contributed by atoms with Crippen molar-refractivity contribution in [2.24, 2.45) is 0 Å². The van der Waals surface area contributed by atoms with Crippen LogP contribution < -0.4 is 5.73 Å². The van der Waals surface area contributed by atoms with Gasteiger partial charge in [0.15, 0.2) is 0 Å². The Morgan fingerprint density at radius 1 is 1.45 bits per heavy atom. The van der Waals surface area contributed by atoms with Crippen LogP contribution in [-0.2, 0) is 4.74 Å². The normalized spacial score (nSPS) is 20.2. The van der Waals surface area contributed by atoms with Gasteiger partial charge in [-0.2, -0.15) is 4.98 Å². The van der Waals surface area contributed by atoms with Crippen LogP contribution in [0.3, 0.4) is 0 Å². The third-order valence-corrected chi connectivity index (χ3v) is 3.48. The fourth-order valence-electron chi connectivity index (χ4n) is 2.14. The van der Waals surface area contributed by atoms with Crippen molar-refractivity contribution >= 4 is 17.3 Å². The van der Waals surface area contributed by atoms with E-state index in [0.717, 1.165) is 13.1 Å². The lowest BCUT2D eigenvalue weighted by Crippen LogP contribution is -2.35. The second kappa shape index (κ2) is 5.40. The average Bonchev–Trinajstić information content (AvgIpc) is 2.88. The summed E-state index contributed by atoms with van der Waals surface area (Å²) in [5, 5.41) is 4.56. The van der Waals surface area contributed by atoms with E-state index in [1.807, 2.05) is 7.05 Å². The van der Waals surface area contributed by atoms with Crippen LogP contribution in [0.25, 0.3) is 11.5 Å². The van der Waals surface area contributed by atoms with Gasteiger partial charge in [0.25, 0.3) is 5.89 Å². The number of ether oxygens (including phenoxy) is 1. The highest BCUT2D eigenvalue weighted by molar-refractivity contribution is 6.31. The number of nitrogen functional groups attached to an aromatic ring is 1. The fraction of sp³-hybridized carbons (Fsp3) is 0.385. The van der Waals surface area contributed by atoms with Crippen LogP contribution in [0.1, 0.15) is 11.9 Å². The number of morpholine rings is 1. The van der Waals surface area contributed by atoms with Crippen molar-refractivity contribution < 1.29 is 9.26 Å². The molecule has 2 N–H and O–H groups in total. The molecule has 1 aliphatic rings. The predicted octanol–water partition coefficient (Wildman–Crippen LogP) is 1.98. The van der Waals surface area contributed by atoms with E-state index in [9.17, 15) is 0 Å². The first-order chi connectivity index (χ1) is 9.63. The topological polar surface area (TPSA) is 77.4 Å². The maximum absolute atomic E-state index is 5.91. The zero-order valence-electron chi connectivity index (χ0n) is 11.0. The minimum Gasteiger partial charge on any atom is -0.398 e. The zero-order chi connectivity index (χ0) is 14.1. The highest BCUT2D eigenvalue weighted by atomic mass is 35.5. The summed E-state index contributed by atoms with van der Waals surface area (Å²) >= 11 is 5.88. The molecule has 106 valence electrons. The molecule has 3 rings (SSSR count). The first kappa shape index (κ1) is 13.4. The van der Waals surface area contributed by atoms with Gasteiger partial charge in [0.2, 0.25) is 5.82 Å². The SMILES string of the molecule is CN1CCOC(c2noc(-c3ccc(Cl)cc3N)n2)C1. The van der Waals surface area contributed by atoms with E-state index in [4.69, 9.17) is 26.6 Å². The molecular formula is C13H15ClN4O2. The summed E-state index contributed by atoms with van der Waals surface area (Å²) in [6.07, 6.45) is -0.167. The van der Waals surface area contributed by atoms with Crippen LogP contribution in [0.4, 0.5) is 5.69 Å². The van der Waals surface area contributed by atoms with Gasteiger partial charge in [-0.1, -0.05) is 16.8 Å². The predicted molar refractivity (Wildman–Crippen MR) is 75.3 cm³/mol. The number of halogens is 1. The molecule has 20 heavy (non-hydrogen) atoms. The Kier molecular flexibility index (Phi) is 3.60. The standard InChI is InChI=1S/C13H15ClN4O2/c1-18-4-5-19-11(7-18)12-16-13(20-17-12)9-3-2-8(14)6-10(9)15/h2-3,6,11H,4-5,7,15H2,1H3. The van der Waals surface area contributed by atoms with E-state index in [0.29, 0.717) is 34.6 Å². The number of nitrogens with two attached hydrogens (primary N) is 1. The third kappa shape index (κ3) is 2.63. The lowest BCUT2D eigenvalue weighted by Gasteiger charge is -2.27. The van der Waals surface area contributed by atoms with E-state index >= 15 is 0 Å². The smallest absolute Gasteiger partial charge is 0.260 e. The minimum atomic E-state index is -0.167. The highest BCUT2D eigenvalue weighted by Gasteiger charge is 2.25. The second-order valence-electron chi connectivity index (χ2n) is 4.81. The van der Waals surface area contributed by atoms with Gasteiger partial charge in [0, 0.05) is 23.8 Å². The van der Waals surface area contributed by atoms with Crippen LogP contribution in [0.2, 0.25) is 5.02 Å². The largest absolute Gasteiger partial charge is 0.398 e. The summed E-state index contributed by atoms with van der Waals surface area (Å²) in [7, 11) is 2.04. The van der Waals surface area contributed by atoms with E-state index in [-0.39, 0.29) is 6.10 Å². The van der Waals surface area contributed by atoms with Gasteiger partial charge < -0.3 is 19.9 Å². The van der Waals surface area contributed by atoms with Gasteiger partial charge in [-0.05, 0) is 25.2 Å². The quantitative estimate of drug-likeness (QED) is 0.853. The van der Waals surface area contributed by atoms with Crippen LogP contribution in [-0.4, -0.2) is 41.8 Å². The van der Waals surface area contributed by atoms with E-state index in [2.05, 4.69) is 15.0 Å². The lowest BCUT2D eigenvalue weighted by atomic mass is 10.2. The molecule has 2 aromatic rings. The average molecular weight is 295 g/mol. The molecule has 0 amide bonds. The first-order valence-corrected chi connectivity index (χ1v) is 6.70. The number of aromatic nitrogens is 2. The van der Waals surface area contributed by atoms with E-state index in [1.165, 1.54) is 0 Å². The number of anilines is 1. The summed E-state index contributed by atoms with van der Waals surface area (Å²) in [4.78, 5) is 6.54. The molecule has 1 unspecified atom stereocenters. The van der Waals surface area contributed by atoms with Crippen molar-refractivity contribution in [2.75, 3.05) is 32.5 Å². The number of hydrogen-bond donors (Lipinski definition) is 1. The van der Waals surface area contributed by atoms with Crippen LogP contribution in [0, 0.1) is 0 Å². The lowest BCUT2D eigenvalue weighted by molar-refractivity contribution is -0.0264. The van der Waals surface area contributed by atoms with Crippen molar-refractivity contribution in [1.82, 2.24) is 15.0 Å². The van der Waals surface area contributed by atoms with Gasteiger partial charge in [0.05, 0.1) is 12.2 Å². The summed E-state index contributed by atoms with van der Waals surface area (Å²) < 4.78 is 10.9. The van der Waals surface area contributed by atoms with Crippen molar-refractivity contribution in [3.63, 3.8) is 0 Å². The number of nitrogens with zero attached hydrogens (tertiary/aromatic N) is 3. The van der Waals surface area contributed by atoms with E-state index < -0.39 is 0 Å². The Labute approximate surface area is 121 Å². The summed E-state index contributed by atoms with van der Waals surface area (Å²) in [5.74, 6) is 0.923. The van der Waals surface area contributed by atoms with Gasteiger partial charge in [-0.25, -0.2) is 0 Å². The maximum atomic E-state index is 5.91. The fourth-order valence-corrected chi connectivity index (χ4v) is 2.32. The Bertz CT molecular complexity index is 616. The van der Waals surface area contributed by atoms with E-state index in [1.54, 1.807) is 18.2 Å². The molecule has 7 heteroatoms. The number of likely N-dealkylation sites (N-methyl/N-ethyl adjacent to an activating group) is 1. The zero-order valence-corrected chi connectivity index (χ0v) is 11.8. The molecule has 2 heterocycles. The van der Waals surface area contributed by atoms with Gasteiger partial charge in [0.1, 0.15) is 6.10 Å². The molecule has 0 spiro atoms. The number of hydrogen-bond acceptors (Lipinski definition) is 6. The Morgan fingerprint density at radius 3 is 3.05 bits per heavy atom. The second-order valence-corrected chi connectivity index (χ2v) is 5.25. The van der Waals surface area contributed by atoms with Crippen LogP contribution in [0.5, 0.6) is 0 Å². The Balaban J connectivity index is 1.86. The van der Waals surface area contributed by atoms with Crippen molar-refractivity contribution in [3.8, 4) is 11.5 Å². The summed E-state index contributed by atoms with van der Waals surface area (Å²) in [6.45, 7) is 2.31. The first-order valence-electron chi connectivity index (χ1n) is 6.32. The van der Waals surface area contributed by atoms with Gasteiger partial charge >= 0.3 is 0 Å². The number of benzene rings is 1. The minimum absolute atomic E-state index is 0.167. The van der Waals surface area contributed by atoms with Gasteiger partial charge in [-0.15, -0.1) is 0 Å². The molecule has 0 saturated carbocycles. The molecule has 1 saturated heterocycles. The van der Waals surface area contributed by atoms with Gasteiger partial charge in [-0.3, -0.25) is 0 Å². The summed E-state index contributed by atoms with van der Waals surface area (Å²) in [6, 6.07) is 5.16. The molecular weight excluding hydrogens is 280 g/mol. The molecule has 0 bridgehead atoms. The monoisotopic (exact) mass is 294 g/mol. The molecule has 1 aromatic heterocycles. The maximum Gasteiger partial charge on any atom is 0.260 e. The molecule has 1 aliphatic heterocycles. The van der Waals surface area contributed by atoms with Crippen molar-refractivity contribution in [3.05, 3.63) is 29.0 Å². The third-order valence-electron chi connectivity index (χ3n) is 3.24. The highest BCUT2D eigenvalue weighted by Crippen LogP contribution is 2.28. The van der Waals surface area contributed by atoms with Crippen molar-refractivity contribution in [1.29, 1.82) is 0 Å². The van der Waals surface area contributed by atoms with Crippen LogP contribution >= 0.6 is 11.6 Å². The molecule has 0 aliphatic carbocycles. The molecule has 1 aromatic carbocycles. The molecule has 0 radical (unpaired) electrons. The summed E-state index contributed by atoms with van der Waals surface area (Å²) in [5.41, 5.74) is 7.10. The molecule has 1 fully saturated rings. The molecule has 6 nitrogen and oxygen atoms in total. The van der Waals surface area contributed by atoms with Crippen LogP contribution in [0.15, 0.2) is 22.7 Å². The van der Waals surface area contributed by atoms with Crippen molar-refractivity contribution in [2.45, 2.75) is 6.10 Å². The Morgan fingerprint density at radius 2 is 2.30 bits per heavy atom. The number of rotatable bonds is 2.